The highest BCUT2D eigenvalue weighted by Gasteiger charge is 2.37. The lowest BCUT2D eigenvalue weighted by atomic mass is 9.88. The van der Waals surface area contributed by atoms with Gasteiger partial charge in [0.05, 0.1) is 0 Å². The Labute approximate surface area is 222 Å². The molecular formula is C27H37F3N5O2P. The molecule has 2 fully saturated rings. The summed E-state index contributed by atoms with van der Waals surface area (Å²) >= 11 is 0. The van der Waals surface area contributed by atoms with Gasteiger partial charge in [0.25, 0.3) is 0 Å². The zero-order valence-corrected chi connectivity index (χ0v) is 22.9. The fraction of sp³-hybridized carbons (Fsp3) is 0.593. The fourth-order valence-electron chi connectivity index (χ4n) is 5.43. The minimum absolute atomic E-state index is 0.0268. The third-order valence-electron chi connectivity index (χ3n) is 7.89. The summed E-state index contributed by atoms with van der Waals surface area (Å²) in [6.45, 7) is 5.66. The van der Waals surface area contributed by atoms with Gasteiger partial charge in [0, 0.05) is 47.9 Å². The molecule has 7 nitrogen and oxygen atoms in total. The van der Waals surface area contributed by atoms with E-state index in [1.165, 1.54) is 0 Å². The number of benzene rings is 1. The van der Waals surface area contributed by atoms with Gasteiger partial charge >= 0.3 is 6.18 Å². The van der Waals surface area contributed by atoms with Gasteiger partial charge in [-0.15, -0.1) is 0 Å². The van der Waals surface area contributed by atoms with Crippen molar-refractivity contribution in [2.75, 3.05) is 36.0 Å². The predicted octanol–water partition coefficient (Wildman–Crippen LogP) is 5.81. The van der Waals surface area contributed by atoms with Crippen molar-refractivity contribution in [3.05, 3.63) is 36.0 Å². The normalized spacial score (nSPS) is 20.9. The van der Waals surface area contributed by atoms with Crippen molar-refractivity contribution in [2.24, 2.45) is 11.8 Å². The van der Waals surface area contributed by atoms with Gasteiger partial charge in [0.2, 0.25) is 5.95 Å². The van der Waals surface area contributed by atoms with Crippen molar-refractivity contribution in [1.29, 1.82) is 0 Å². The van der Waals surface area contributed by atoms with Gasteiger partial charge in [0.15, 0.2) is 0 Å². The molecule has 11 heteroatoms. The Morgan fingerprint density at radius 3 is 2.39 bits per heavy atom. The second-order valence-electron chi connectivity index (χ2n) is 10.4. The lowest BCUT2D eigenvalue weighted by Crippen LogP contribution is -2.30. The van der Waals surface area contributed by atoms with Gasteiger partial charge in [-0.1, -0.05) is 13.8 Å². The molecule has 2 heterocycles. The molecule has 1 saturated carbocycles. The lowest BCUT2D eigenvalue weighted by Gasteiger charge is -2.23. The van der Waals surface area contributed by atoms with E-state index in [9.17, 15) is 22.5 Å². The predicted molar refractivity (Wildman–Crippen MR) is 145 cm³/mol. The number of ketones is 1. The first kappa shape index (κ1) is 28.6. The number of hydrogen-bond acceptors (Lipinski definition) is 7. The van der Waals surface area contributed by atoms with Gasteiger partial charge < -0.3 is 20.5 Å². The Balaban J connectivity index is 1.44. The molecule has 2 aliphatic rings. The number of piperidine rings is 1. The standard InChI is InChI=1S/C27H37F3N5O2P/c1-3-38(37,4-2)22-9-7-20(8-10-22)34-26-32-17-23(27(28,29)30)25(35-26)33-21-6-5-19(16-21)24(36)15-18-11-13-31-14-12-18/h7-10,17-19,21,31H,3-6,11-16H2,1-2H3,(H2,32,33,34,35). The second-order valence-corrected chi connectivity index (χ2v) is 13.9. The highest BCUT2D eigenvalue weighted by atomic mass is 31.2. The molecular weight excluding hydrogens is 514 g/mol. The Bertz CT molecular complexity index is 1140. The van der Waals surface area contributed by atoms with Gasteiger partial charge in [-0.05, 0) is 75.4 Å². The maximum Gasteiger partial charge on any atom is 0.421 e. The van der Waals surface area contributed by atoms with Crippen molar-refractivity contribution >= 4 is 35.7 Å². The Kier molecular flexibility index (Phi) is 9.14. The van der Waals surface area contributed by atoms with E-state index in [2.05, 4.69) is 25.9 Å². The average molecular weight is 552 g/mol. The van der Waals surface area contributed by atoms with Crippen LogP contribution in [0.25, 0.3) is 0 Å². The third-order valence-corrected chi connectivity index (χ3v) is 11.2. The molecule has 1 aliphatic heterocycles. The molecule has 1 aromatic heterocycles. The number of nitrogens with zero attached hydrogens (tertiary/aromatic N) is 2. The molecule has 38 heavy (non-hydrogen) atoms. The van der Waals surface area contributed by atoms with Crippen LogP contribution in [0.5, 0.6) is 0 Å². The van der Waals surface area contributed by atoms with Gasteiger partial charge in [0.1, 0.15) is 24.3 Å². The molecule has 1 saturated heterocycles. The van der Waals surface area contributed by atoms with E-state index in [0.717, 1.165) is 37.4 Å². The number of aromatic nitrogens is 2. The number of alkyl halides is 3. The lowest BCUT2D eigenvalue weighted by molar-refractivity contribution is -0.137. The van der Waals surface area contributed by atoms with Crippen LogP contribution in [0.15, 0.2) is 30.5 Å². The molecule has 0 bridgehead atoms. The molecule has 208 valence electrons. The topological polar surface area (TPSA) is 96.0 Å². The number of nitrogens with one attached hydrogen (secondary N) is 3. The number of rotatable bonds is 10. The largest absolute Gasteiger partial charge is 0.421 e. The number of anilines is 3. The van der Waals surface area contributed by atoms with Crippen molar-refractivity contribution in [3.63, 3.8) is 0 Å². The van der Waals surface area contributed by atoms with Crippen LogP contribution in [-0.4, -0.2) is 47.2 Å². The van der Waals surface area contributed by atoms with Crippen molar-refractivity contribution in [3.8, 4) is 0 Å². The zero-order chi connectivity index (χ0) is 27.3. The van der Waals surface area contributed by atoms with Crippen LogP contribution in [0.2, 0.25) is 0 Å². The molecule has 4 rings (SSSR count). The smallest absolute Gasteiger partial charge is 0.367 e. The quantitative estimate of drug-likeness (QED) is 0.321. The number of halogens is 3. The summed E-state index contributed by atoms with van der Waals surface area (Å²) < 4.78 is 54.2. The van der Waals surface area contributed by atoms with Crippen LogP contribution in [0.3, 0.4) is 0 Å². The van der Waals surface area contributed by atoms with Gasteiger partial charge in [-0.3, -0.25) is 4.79 Å². The third kappa shape index (κ3) is 6.94. The fourth-order valence-corrected chi connectivity index (χ4v) is 7.30. The first-order chi connectivity index (χ1) is 18.1. The Morgan fingerprint density at radius 1 is 1.08 bits per heavy atom. The highest BCUT2D eigenvalue weighted by Crippen LogP contribution is 2.43. The summed E-state index contributed by atoms with van der Waals surface area (Å²) in [6.07, 6.45) is 1.63. The van der Waals surface area contributed by atoms with Gasteiger partial charge in [-0.2, -0.15) is 18.2 Å². The molecule has 1 aromatic carbocycles. The minimum atomic E-state index is -4.62. The van der Waals surface area contributed by atoms with E-state index in [1.807, 2.05) is 13.8 Å². The molecule has 0 spiro atoms. The summed E-state index contributed by atoms with van der Waals surface area (Å²) in [5, 5.41) is 9.99. The number of hydrogen-bond donors (Lipinski definition) is 3. The first-order valence-corrected chi connectivity index (χ1v) is 15.6. The maximum absolute atomic E-state index is 13.7. The summed E-state index contributed by atoms with van der Waals surface area (Å²) in [6, 6.07) is 6.75. The van der Waals surface area contributed by atoms with Crippen LogP contribution in [-0.2, 0) is 15.5 Å². The molecule has 3 N–H and O–H groups in total. The van der Waals surface area contributed by atoms with E-state index < -0.39 is 18.9 Å². The van der Waals surface area contributed by atoms with E-state index in [1.54, 1.807) is 24.3 Å². The van der Waals surface area contributed by atoms with Crippen molar-refractivity contribution in [2.45, 2.75) is 64.6 Å². The molecule has 0 radical (unpaired) electrons. The summed E-state index contributed by atoms with van der Waals surface area (Å²) in [5.74, 6) is 0.231. The zero-order valence-electron chi connectivity index (χ0n) is 22.0. The number of carbonyl (C=O) groups is 1. The summed E-state index contributed by atoms with van der Waals surface area (Å²) in [4.78, 5) is 20.9. The van der Waals surface area contributed by atoms with E-state index in [-0.39, 0.29) is 29.5 Å². The first-order valence-electron chi connectivity index (χ1n) is 13.5. The summed E-state index contributed by atoms with van der Waals surface area (Å²) in [5.41, 5.74) is -0.350. The maximum atomic E-state index is 13.7. The molecule has 0 amide bonds. The Hall–Kier alpha value is -2.45. The number of carbonyl (C=O) groups excluding carboxylic acids is 1. The van der Waals surface area contributed by atoms with Crippen LogP contribution >= 0.6 is 7.14 Å². The summed E-state index contributed by atoms with van der Waals surface area (Å²) in [7, 11) is -2.43. The monoisotopic (exact) mass is 551 g/mol. The van der Waals surface area contributed by atoms with Crippen LogP contribution < -0.4 is 21.3 Å². The van der Waals surface area contributed by atoms with Crippen molar-refractivity contribution < 1.29 is 22.5 Å². The average Bonchev–Trinajstić information content (AvgIpc) is 3.37. The van der Waals surface area contributed by atoms with E-state index >= 15 is 0 Å². The Morgan fingerprint density at radius 2 is 1.76 bits per heavy atom. The molecule has 2 atom stereocenters. The van der Waals surface area contributed by atoms with Crippen LogP contribution in [0.1, 0.15) is 57.9 Å². The molecule has 2 aromatic rings. The van der Waals surface area contributed by atoms with Gasteiger partial charge in [-0.25, -0.2) is 4.98 Å². The van der Waals surface area contributed by atoms with Crippen LogP contribution in [0, 0.1) is 11.8 Å². The highest BCUT2D eigenvalue weighted by molar-refractivity contribution is 7.71. The minimum Gasteiger partial charge on any atom is -0.367 e. The molecule has 1 aliphatic carbocycles. The molecule has 2 unspecified atom stereocenters. The second kappa shape index (κ2) is 12.2. The SMILES string of the molecule is CCP(=O)(CC)c1ccc(Nc2ncc(C(F)(F)F)c(NC3CCC(C(=O)CC4CCNCC4)C3)n2)cc1. The van der Waals surface area contributed by atoms with E-state index in [0.29, 0.717) is 49.6 Å². The van der Waals surface area contributed by atoms with E-state index in [4.69, 9.17) is 0 Å². The van der Waals surface area contributed by atoms with Crippen molar-refractivity contribution in [1.82, 2.24) is 15.3 Å². The van der Waals surface area contributed by atoms with Crippen LogP contribution in [0.4, 0.5) is 30.6 Å². The number of Topliss-reactive ketones (excluding diaryl/α,β-unsaturated/α-hetero) is 1.